The second-order valence-corrected chi connectivity index (χ2v) is 20.6. The summed E-state index contributed by atoms with van der Waals surface area (Å²) in [6, 6.07) is 0. The van der Waals surface area contributed by atoms with Gasteiger partial charge in [0.2, 0.25) is 0 Å². The molecule has 0 aliphatic carbocycles. The van der Waals surface area contributed by atoms with E-state index in [-0.39, 0.29) is 31.1 Å². The first-order chi connectivity index (χ1) is 36.0. The summed E-state index contributed by atoms with van der Waals surface area (Å²) in [5.41, 5.74) is 0. The third kappa shape index (κ3) is 59.3. The van der Waals surface area contributed by atoms with Crippen molar-refractivity contribution in [1.29, 1.82) is 0 Å². The third-order valence-corrected chi connectivity index (χ3v) is 13.4. The number of allylic oxidation sites excluding steroid dienone is 14. The Morgan fingerprint density at radius 3 is 0.836 bits per heavy atom. The maximum atomic E-state index is 12.8. The summed E-state index contributed by atoms with van der Waals surface area (Å²) in [7, 11) is 0. The van der Waals surface area contributed by atoms with Gasteiger partial charge in [-0.15, -0.1) is 0 Å². The Morgan fingerprint density at radius 1 is 0.288 bits per heavy atom. The van der Waals surface area contributed by atoms with E-state index in [9.17, 15) is 14.4 Å². The Balaban J connectivity index is 4.02. The molecule has 0 saturated carbocycles. The molecule has 0 aliphatic rings. The summed E-state index contributed by atoms with van der Waals surface area (Å²) in [6.07, 6.45) is 80.4. The normalized spacial score (nSPS) is 12.6. The molecule has 0 aromatic heterocycles. The molecule has 0 bridgehead atoms. The Hall–Kier alpha value is -3.41. The summed E-state index contributed by atoms with van der Waals surface area (Å²) < 4.78 is 16.8. The molecule has 0 aromatic rings. The number of ether oxygens (including phenoxy) is 3. The van der Waals surface area contributed by atoms with Crippen LogP contribution < -0.4 is 0 Å². The predicted octanol–water partition coefficient (Wildman–Crippen LogP) is 21.1. The first-order valence-electron chi connectivity index (χ1n) is 31.1. The van der Waals surface area contributed by atoms with Gasteiger partial charge < -0.3 is 14.2 Å². The number of hydrogen-bond acceptors (Lipinski definition) is 6. The summed E-state index contributed by atoms with van der Waals surface area (Å²) in [6.45, 7) is 6.52. The van der Waals surface area contributed by atoms with E-state index in [1.54, 1.807) is 0 Å². The molecule has 0 fully saturated rings. The number of unbranched alkanes of at least 4 members (excludes halogenated alkanes) is 31. The van der Waals surface area contributed by atoms with Gasteiger partial charge in [-0.2, -0.15) is 0 Å². The van der Waals surface area contributed by atoms with E-state index in [1.165, 1.54) is 161 Å². The van der Waals surface area contributed by atoms with Crippen LogP contribution in [-0.2, 0) is 28.6 Å². The predicted molar refractivity (Wildman–Crippen MR) is 316 cm³/mol. The number of carbonyl (C=O) groups excluding carboxylic acids is 3. The van der Waals surface area contributed by atoms with Crippen LogP contribution in [0.4, 0.5) is 0 Å². The van der Waals surface area contributed by atoms with Crippen LogP contribution in [0.1, 0.15) is 303 Å². The fourth-order valence-corrected chi connectivity index (χ4v) is 8.78. The fraction of sp³-hybridized carbons (Fsp3) is 0.746. The van der Waals surface area contributed by atoms with E-state index in [4.69, 9.17) is 14.2 Å². The van der Waals surface area contributed by atoms with Gasteiger partial charge in [0, 0.05) is 19.3 Å². The molecule has 1 atom stereocenters. The van der Waals surface area contributed by atoms with Crippen molar-refractivity contribution in [2.45, 2.75) is 309 Å². The van der Waals surface area contributed by atoms with Crippen molar-refractivity contribution in [3.8, 4) is 0 Å². The monoisotopic (exact) mass is 1020 g/mol. The standard InChI is InChI=1S/C67H116O6/c1-4-7-10-13-16-19-21-22-23-24-25-26-27-28-29-30-31-32-33-34-35-36-37-38-39-40-41-42-43-44-46-48-51-54-57-60-66(69)72-63-64(62-71-65(68)59-56-53-50-47-18-15-12-9-6-3)73-67(70)61-58-55-52-49-45-20-17-14-11-8-5-2/h7,10,16,19,22-23,25-26,28-29,31-32,34-35,64H,4-6,8-9,11-15,17-18,20-21,24,27,30,33,36-63H2,1-3H3/b10-7-,19-16-,23-22-,26-25-,29-28-,32-31-,35-34-. The molecule has 73 heavy (non-hydrogen) atoms. The van der Waals surface area contributed by atoms with Crippen LogP contribution in [0.3, 0.4) is 0 Å². The number of hydrogen-bond donors (Lipinski definition) is 0. The summed E-state index contributed by atoms with van der Waals surface area (Å²) in [5.74, 6) is -0.865. The quantitative estimate of drug-likeness (QED) is 0.0261. The minimum Gasteiger partial charge on any atom is -0.462 e. The van der Waals surface area contributed by atoms with Crippen molar-refractivity contribution >= 4 is 17.9 Å². The minimum atomic E-state index is -0.769. The van der Waals surface area contributed by atoms with Crippen molar-refractivity contribution in [3.05, 3.63) is 85.1 Å². The average molecular weight is 1020 g/mol. The van der Waals surface area contributed by atoms with Crippen molar-refractivity contribution in [3.63, 3.8) is 0 Å². The van der Waals surface area contributed by atoms with Crippen molar-refractivity contribution in [2.75, 3.05) is 13.2 Å². The molecule has 0 aromatic carbocycles. The zero-order valence-corrected chi connectivity index (χ0v) is 48.1. The molecule has 420 valence electrons. The molecule has 0 radical (unpaired) electrons. The lowest BCUT2D eigenvalue weighted by Crippen LogP contribution is -2.30. The highest BCUT2D eigenvalue weighted by atomic mass is 16.6. The maximum absolute atomic E-state index is 12.8. The van der Waals surface area contributed by atoms with Gasteiger partial charge in [-0.1, -0.05) is 292 Å². The van der Waals surface area contributed by atoms with Crippen molar-refractivity contribution in [1.82, 2.24) is 0 Å². The first kappa shape index (κ1) is 69.6. The fourth-order valence-electron chi connectivity index (χ4n) is 8.78. The Kier molecular flexibility index (Phi) is 58.3. The van der Waals surface area contributed by atoms with Gasteiger partial charge >= 0.3 is 17.9 Å². The van der Waals surface area contributed by atoms with Gasteiger partial charge in [-0.05, 0) is 77.0 Å². The second kappa shape index (κ2) is 61.1. The van der Waals surface area contributed by atoms with Crippen molar-refractivity contribution < 1.29 is 28.6 Å². The SMILES string of the molecule is CC/C=C\C/C=C\C/C=C\C/C=C\C/C=C\C/C=C\C/C=C\CCCCCCCCCCCCCCCC(=O)OCC(COC(=O)CCCCCCCCCCC)OC(=O)CCCCCCCCCCCCC. The lowest BCUT2D eigenvalue weighted by Gasteiger charge is -2.18. The number of esters is 3. The highest BCUT2D eigenvalue weighted by molar-refractivity contribution is 5.71. The molecule has 1 unspecified atom stereocenters. The van der Waals surface area contributed by atoms with Crippen LogP contribution in [0.5, 0.6) is 0 Å². The number of rotatable bonds is 56. The third-order valence-electron chi connectivity index (χ3n) is 13.4. The molecular formula is C67H116O6. The second-order valence-electron chi connectivity index (χ2n) is 20.6. The molecule has 0 spiro atoms. The van der Waals surface area contributed by atoms with E-state index in [1.807, 2.05) is 0 Å². The van der Waals surface area contributed by atoms with E-state index in [0.717, 1.165) is 103 Å². The van der Waals surface area contributed by atoms with Gasteiger partial charge in [0.15, 0.2) is 6.10 Å². The van der Waals surface area contributed by atoms with Crippen LogP contribution in [0.2, 0.25) is 0 Å². The van der Waals surface area contributed by atoms with Crippen LogP contribution in [0, 0.1) is 0 Å². The molecule has 6 nitrogen and oxygen atoms in total. The number of carbonyl (C=O) groups is 3. The van der Waals surface area contributed by atoms with Gasteiger partial charge in [0.05, 0.1) is 0 Å². The molecule has 0 saturated heterocycles. The molecule has 0 aliphatic heterocycles. The first-order valence-corrected chi connectivity index (χ1v) is 31.1. The van der Waals surface area contributed by atoms with Crippen LogP contribution in [0.15, 0.2) is 85.1 Å². The zero-order valence-electron chi connectivity index (χ0n) is 48.1. The molecule has 6 heteroatoms. The van der Waals surface area contributed by atoms with E-state index in [2.05, 4.69) is 106 Å². The molecule has 0 rings (SSSR count). The maximum Gasteiger partial charge on any atom is 0.306 e. The van der Waals surface area contributed by atoms with Gasteiger partial charge in [-0.25, -0.2) is 0 Å². The van der Waals surface area contributed by atoms with Crippen LogP contribution >= 0.6 is 0 Å². The molecular weight excluding hydrogens is 901 g/mol. The van der Waals surface area contributed by atoms with Crippen LogP contribution in [0.25, 0.3) is 0 Å². The molecule has 0 heterocycles. The Morgan fingerprint density at radius 2 is 0.534 bits per heavy atom. The Bertz CT molecular complexity index is 1400. The summed E-state index contributed by atoms with van der Waals surface area (Å²) >= 11 is 0. The lowest BCUT2D eigenvalue weighted by molar-refractivity contribution is -0.167. The topological polar surface area (TPSA) is 78.9 Å². The highest BCUT2D eigenvalue weighted by Gasteiger charge is 2.19. The van der Waals surface area contributed by atoms with Gasteiger partial charge in [-0.3, -0.25) is 14.4 Å². The van der Waals surface area contributed by atoms with E-state index < -0.39 is 6.10 Å². The zero-order chi connectivity index (χ0) is 52.9. The van der Waals surface area contributed by atoms with E-state index >= 15 is 0 Å². The summed E-state index contributed by atoms with van der Waals surface area (Å²) in [4.78, 5) is 38.0. The highest BCUT2D eigenvalue weighted by Crippen LogP contribution is 2.16. The van der Waals surface area contributed by atoms with Crippen LogP contribution in [-0.4, -0.2) is 37.2 Å². The van der Waals surface area contributed by atoms with Crippen molar-refractivity contribution in [2.24, 2.45) is 0 Å². The molecule has 0 N–H and O–H groups in total. The average Bonchev–Trinajstić information content (AvgIpc) is 3.39. The van der Waals surface area contributed by atoms with E-state index in [0.29, 0.717) is 19.3 Å². The largest absolute Gasteiger partial charge is 0.462 e. The van der Waals surface area contributed by atoms with Gasteiger partial charge in [0.25, 0.3) is 0 Å². The minimum absolute atomic E-state index is 0.0708. The smallest absolute Gasteiger partial charge is 0.306 e. The summed E-state index contributed by atoms with van der Waals surface area (Å²) in [5, 5.41) is 0. The molecule has 0 amide bonds. The van der Waals surface area contributed by atoms with Gasteiger partial charge in [0.1, 0.15) is 13.2 Å². The lowest BCUT2D eigenvalue weighted by atomic mass is 10.0. The Labute approximate surface area is 452 Å².